The molecular weight excluding hydrogens is 304 g/mol. The van der Waals surface area contributed by atoms with Crippen LogP contribution >= 0.6 is 15.9 Å². The van der Waals surface area contributed by atoms with Crippen LogP contribution in [0.5, 0.6) is 5.75 Å². The molecule has 0 bridgehead atoms. The molecule has 104 valence electrons. The van der Waals surface area contributed by atoms with Crippen LogP contribution in [-0.2, 0) is 0 Å². The summed E-state index contributed by atoms with van der Waals surface area (Å²) in [5.41, 5.74) is 6.20. The van der Waals surface area contributed by atoms with E-state index in [1.165, 1.54) is 6.42 Å². The summed E-state index contributed by atoms with van der Waals surface area (Å²) in [6.07, 6.45) is 3.84. The zero-order valence-corrected chi connectivity index (χ0v) is 13.0. The van der Waals surface area contributed by atoms with Gasteiger partial charge in [-0.2, -0.15) is 0 Å². The van der Waals surface area contributed by atoms with Crippen LogP contribution in [-0.4, -0.2) is 11.9 Å². The van der Waals surface area contributed by atoms with Gasteiger partial charge in [0.25, 0.3) is 0 Å². The first-order valence-electron chi connectivity index (χ1n) is 6.76. The van der Waals surface area contributed by atoms with E-state index in [0.29, 0.717) is 11.7 Å². The highest BCUT2D eigenvalue weighted by atomic mass is 79.9. The van der Waals surface area contributed by atoms with Gasteiger partial charge in [-0.25, -0.2) is 0 Å². The standard InChI is InChI=1S/C15H21BrN2O/c1-9-5-10(2)7-12(6-9)19-11-3-4-13(15(17)18)14(16)8-11/h3-4,8-10,12H,5-7H2,1-2H3,(H3,17,18). The molecule has 2 rings (SSSR count). The lowest BCUT2D eigenvalue weighted by atomic mass is 9.82. The van der Waals surface area contributed by atoms with Crippen LogP contribution < -0.4 is 10.5 Å². The normalized spacial score (nSPS) is 27.0. The van der Waals surface area contributed by atoms with E-state index in [9.17, 15) is 0 Å². The molecule has 1 saturated carbocycles. The van der Waals surface area contributed by atoms with Crippen molar-refractivity contribution < 1.29 is 4.74 Å². The van der Waals surface area contributed by atoms with Gasteiger partial charge in [0.05, 0.1) is 6.10 Å². The van der Waals surface area contributed by atoms with Crippen LogP contribution in [0, 0.1) is 17.2 Å². The Kier molecular flexibility index (Phi) is 4.50. The molecule has 1 aromatic carbocycles. The molecule has 1 fully saturated rings. The number of benzene rings is 1. The van der Waals surface area contributed by atoms with Gasteiger partial charge in [-0.15, -0.1) is 0 Å². The summed E-state index contributed by atoms with van der Waals surface area (Å²) in [6.45, 7) is 4.58. The number of halogens is 1. The lowest BCUT2D eigenvalue weighted by Gasteiger charge is -2.31. The molecule has 0 spiro atoms. The average molecular weight is 325 g/mol. The van der Waals surface area contributed by atoms with Gasteiger partial charge in [0.1, 0.15) is 11.6 Å². The Morgan fingerprint density at radius 1 is 1.26 bits per heavy atom. The van der Waals surface area contributed by atoms with Crippen molar-refractivity contribution >= 4 is 21.8 Å². The predicted molar refractivity (Wildman–Crippen MR) is 81.8 cm³/mol. The van der Waals surface area contributed by atoms with Crippen LogP contribution in [0.15, 0.2) is 22.7 Å². The Balaban J connectivity index is 2.07. The second-order valence-corrected chi connectivity index (χ2v) is 6.57. The van der Waals surface area contributed by atoms with Gasteiger partial charge < -0.3 is 10.5 Å². The second-order valence-electron chi connectivity index (χ2n) is 5.71. The fourth-order valence-electron chi connectivity index (χ4n) is 2.95. The third-order valence-electron chi connectivity index (χ3n) is 3.67. The molecule has 4 heteroatoms. The van der Waals surface area contributed by atoms with Crippen LogP contribution in [0.1, 0.15) is 38.7 Å². The molecule has 1 aliphatic carbocycles. The van der Waals surface area contributed by atoms with E-state index >= 15 is 0 Å². The maximum atomic E-state index is 7.46. The minimum atomic E-state index is 0.0679. The molecule has 0 aliphatic heterocycles. The second kappa shape index (κ2) is 5.95. The monoisotopic (exact) mass is 324 g/mol. The van der Waals surface area contributed by atoms with Gasteiger partial charge in [-0.3, -0.25) is 5.41 Å². The van der Waals surface area contributed by atoms with Gasteiger partial charge in [0.2, 0.25) is 0 Å². The van der Waals surface area contributed by atoms with Crippen LogP contribution in [0.25, 0.3) is 0 Å². The highest BCUT2D eigenvalue weighted by Crippen LogP contribution is 2.32. The molecule has 0 saturated heterocycles. The molecule has 2 atom stereocenters. The molecule has 1 aliphatic rings. The van der Waals surface area contributed by atoms with Crippen molar-refractivity contribution in [3.05, 3.63) is 28.2 Å². The first-order chi connectivity index (χ1) is 8.95. The summed E-state index contributed by atoms with van der Waals surface area (Å²) < 4.78 is 6.88. The lowest BCUT2D eigenvalue weighted by molar-refractivity contribution is 0.101. The molecule has 3 N–H and O–H groups in total. The zero-order valence-electron chi connectivity index (χ0n) is 11.4. The van der Waals surface area contributed by atoms with Crippen molar-refractivity contribution in [1.82, 2.24) is 0 Å². The largest absolute Gasteiger partial charge is 0.490 e. The minimum Gasteiger partial charge on any atom is -0.490 e. The van der Waals surface area contributed by atoms with E-state index in [2.05, 4.69) is 29.8 Å². The van der Waals surface area contributed by atoms with Gasteiger partial charge in [0, 0.05) is 10.0 Å². The molecule has 2 unspecified atom stereocenters. The van der Waals surface area contributed by atoms with E-state index in [0.717, 1.165) is 34.9 Å². The van der Waals surface area contributed by atoms with E-state index in [1.54, 1.807) is 0 Å². The Bertz CT molecular complexity index is 465. The van der Waals surface area contributed by atoms with Crippen LogP contribution in [0.3, 0.4) is 0 Å². The van der Waals surface area contributed by atoms with Gasteiger partial charge in [-0.05, 0) is 65.2 Å². The fourth-order valence-corrected chi connectivity index (χ4v) is 3.52. The van der Waals surface area contributed by atoms with E-state index in [-0.39, 0.29) is 5.84 Å². The van der Waals surface area contributed by atoms with E-state index in [1.807, 2.05) is 18.2 Å². The quantitative estimate of drug-likeness (QED) is 0.653. The Hall–Kier alpha value is -1.03. The smallest absolute Gasteiger partial charge is 0.123 e. The fraction of sp³-hybridized carbons (Fsp3) is 0.533. The molecule has 0 radical (unpaired) electrons. The number of rotatable bonds is 3. The SMILES string of the molecule is CC1CC(C)CC(Oc2ccc(C(=N)N)c(Br)c2)C1. The molecule has 0 aromatic heterocycles. The van der Waals surface area contributed by atoms with Crippen LogP contribution in [0.2, 0.25) is 0 Å². The Morgan fingerprint density at radius 2 is 1.89 bits per heavy atom. The summed E-state index contributed by atoms with van der Waals surface area (Å²) in [6, 6.07) is 5.63. The highest BCUT2D eigenvalue weighted by molar-refractivity contribution is 9.10. The third kappa shape index (κ3) is 3.72. The van der Waals surface area contributed by atoms with Gasteiger partial charge in [-0.1, -0.05) is 13.8 Å². The number of nitrogens with two attached hydrogens (primary N) is 1. The molecule has 0 heterocycles. The summed E-state index contributed by atoms with van der Waals surface area (Å²) in [4.78, 5) is 0. The molecule has 1 aromatic rings. The number of nitrogen functional groups attached to an aromatic ring is 1. The van der Waals surface area contributed by atoms with Crippen molar-refractivity contribution in [2.45, 2.75) is 39.2 Å². The van der Waals surface area contributed by atoms with Crippen molar-refractivity contribution in [3.8, 4) is 5.75 Å². The predicted octanol–water partition coefficient (Wildman–Crippen LogP) is 3.94. The van der Waals surface area contributed by atoms with Gasteiger partial charge >= 0.3 is 0 Å². The maximum Gasteiger partial charge on any atom is 0.123 e. The number of hydrogen-bond acceptors (Lipinski definition) is 2. The first kappa shape index (κ1) is 14.4. The first-order valence-corrected chi connectivity index (χ1v) is 7.55. The minimum absolute atomic E-state index is 0.0679. The maximum absolute atomic E-state index is 7.46. The Morgan fingerprint density at radius 3 is 2.42 bits per heavy atom. The van der Waals surface area contributed by atoms with Crippen molar-refractivity contribution in [2.24, 2.45) is 17.6 Å². The third-order valence-corrected chi connectivity index (χ3v) is 4.32. The molecular formula is C15H21BrN2O. The highest BCUT2D eigenvalue weighted by Gasteiger charge is 2.25. The number of nitrogens with one attached hydrogen (secondary N) is 1. The molecule has 19 heavy (non-hydrogen) atoms. The molecule has 0 amide bonds. The molecule has 3 nitrogen and oxygen atoms in total. The zero-order chi connectivity index (χ0) is 14.0. The topological polar surface area (TPSA) is 59.1 Å². The Labute approximate surface area is 123 Å². The van der Waals surface area contributed by atoms with E-state index < -0.39 is 0 Å². The average Bonchev–Trinajstić information content (AvgIpc) is 2.26. The van der Waals surface area contributed by atoms with Crippen molar-refractivity contribution in [2.75, 3.05) is 0 Å². The summed E-state index contributed by atoms with van der Waals surface area (Å²) >= 11 is 3.44. The lowest BCUT2D eigenvalue weighted by Crippen LogP contribution is -2.28. The summed E-state index contributed by atoms with van der Waals surface area (Å²) in [5.74, 6) is 2.38. The summed E-state index contributed by atoms with van der Waals surface area (Å²) in [5, 5.41) is 7.46. The van der Waals surface area contributed by atoms with Crippen molar-refractivity contribution in [3.63, 3.8) is 0 Å². The number of ether oxygens (including phenoxy) is 1. The van der Waals surface area contributed by atoms with Crippen LogP contribution in [0.4, 0.5) is 0 Å². The van der Waals surface area contributed by atoms with Crippen molar-refractivity contribution in [1.29, 1.82) is 5.41 Å². The summed E-state index contributed by atoms with van der Waals surface area (Å²) in [7, 11) is 0. The van der Waals surface area contributed by atoms with Gasteiger partial charge in [0.15, 0.2) is 0 Å². The van der Waals surface area contributed by atoms with E-state index in [4.69, 9.17) is 15.9 Å². The number of amidine groups is 1. The number of hydrogen-bond donors (Lipinski definition) is 2.